The molecule has 5 nitrogen and oxygen atoms in total. The maximum Gasteiger partial charge on any atom is 0.228 e. The van der Waals surface area contributed by atoms with Crippen molar-refractivity contribution in [2.75, 3.05) is 26.2 Å². The molecule has 6 heteroatoms. The number of benzene rings is 1. The Hall–Kier alpha value is -1.59. The van der Waals surface area contributed by atoms with Crippen molar-refractivity contribution in [1.82, 2.24) is 15.1 Å². The number of nitrogens with one attached hydrogen (secondary N) is 1. The van der Waals surface area contributed by atoms with Crippen LogP contribution in [-0.4, -0.2) is 53.8 Å². The minimum atomic E-state index is -0.179. The van der Waals surface area contributed by atoms with Gasteiger partial charge < -0.3 is 15.1 Å². The lowest BCUT2D eigenvalue weighted by atomic mass is 10.1. The van der Waals surface area contributed by atoms with Gasteiger partial charge in [-0.2, -0.15) is 0 Å². The van der Waals surface area contributed by atoms with Crippen LogP contribution in [0.4, 0.5) is 0 Å². The van der Waals surface area contributed by atoms with Crippen molar-refractivity contribution in [2.45, 2.75) is 25.9 Å². The molecule has 3 rings (SSSR count). The zero-order valence-electron chi connectivity index (χ0n) is 13.4. The van der Waals surface area contributed by atoms with Crippen molar-refractivity contribution in [1.29, 1.82) is 0 Å². The molecular weight excluding hydrogens is 314 g/mol. The van der Waals surface area contributed by atoms with Crippen molar-refractivity contribution in [2.24, 2.45) is 5.92 Å². The van der Waals surface area contributed by atoms with E-state index < -0.39 is 0 Å². The van der Waals surface area contributed by atoms with E-state index in [4.69, 9.17) is 0 Å². The van der Waals surface area contributed by atoms with Crippen molar-refractivity contribution >= 4 is 24.2 Å². The molecule has 0 saturated carbocycles. The molecule has 2 unspecified atom stereocenters. The fraction of sp³-hybridized carbons (Fsp3) is 0.529. The maximum absolute atomic E-state index is 12.6. The van der Waals surface area contributed by atoms with Crippen molar-refractivity contribution in [3.63, 3.8) is 0 Å². The first-order valence-corrected chi connectivity index (χ1v) is 7.97. The first kappa shape index (κ1) is 17.8. The number of carbonyl (C=O) groups is 2. The minimum absolute atomic E-state index is 0. The molecule has 0 spiro atoms. The summed E-state index contributed by atoms with van der Waals surface area (Å²) in [5.74, 6) is 0.0455. The average Bonchev–Trinajstić information content (AvgIpc) is 2.88. The minimum Gasteiger partial charge on any atom is -0.340 e. The normalized spacial score (nSPS) is 24.5. The lowest BCUT2D eigenvalue weighted by Crippen LogP contribution is -2.53. The number of hydrogen-bond acceptors (Lipinski definition) is 3. The molecule has 0 aliphatic carbocycles. The predicted octanol–water partition coefficient (Wildman–Crippen LogP) is 1.28. The Bertz CT molecular complexity index is 552. The van der Waals surface area contributed by atoms with Crippen molar-refractivity contribution < 1.29 is 9.59 Å². The van der Waals surface area contributed by atoms with Crippen LogP contribution in [0.25, 0.3) is 0 Å². The van der Waals surface area contributed by atoms with Gasteiger partial charge in [0.2, 0.25) is 11.8 Å². The van der Waals surface area contributed by atoms with Crippen LogP contribution in [0.2, 0.25) is 0 Å². The molecule has 2 aliphatic heterocycles. The molecule has 23 heavy (non-hydrogen) atoms. The summed E-state index contributed by atoms with van der Waals surface area (Å²) in [4.78, 5) is 28.5. The Morgan fingerprint density at radius 2 is 2.00 bits per heavy atom. The molecule has 0 bridgehead atoms. The molecular formula is C17H24ClN3O2. The quantitative estimate of drug-likeness (QED) is 0.904. The highest BCUT2D eigenvalue weighted by Crippen LogP contribution is 2.22. The topological polar surface area (TPSA) is 52.7 Å². The van der Waals surface area contributed by atoms with E-state index >= 15 is 0 Å². The van der Waals surface area contributed by atoms with Gasteiger partial charge in [0.1, 0.15) is 0 Å². The number of nitrogens with zero attached hydrogens (tertiary/aromatic N) is 2. The summed E-state index contributed by atoms with van der Waals surface area (Å²) >= 11 is 0. The number of halogens is 1. The van der Waals surface area contributed by atoms with Crippen LogP contribution in [0.15, 0.2) is 30.3 Å². The molecule has 0 radical (unpaired) electrons. The molecule has 2 aliphatic rings. The highest BCUT2D eigenvalue weighted by molar-refractivity contribution is 5.89. The van der Waals surface area contributed by atoms with Gasteiger partial charge >= 0.3 is 0 Å². The predicted molar refractivity (Wildman–Crippen MR) is 91.3 cm³/mol. The monoisotopic (exact) mass is 337 g/mol. The highest BCUT2D eigenvalue weighted by atomic mass is 35.5. The molecule has 1 aromatic carbocycles. The summed E-state index contributed by atoms with van der Waals surface area (Å²) in [6, 6.07) is 10.3. The van der Waals surface area contributed by atoms with Crippen molar-refractivity contribution in [3.8, 4) is 0 Å². The molecule has 2 fully saturated rings. The number of carbonyl (C=O) groups excluding carboxylic acids is 2. The lowest BCUT2D eigenvalue weighted by Gasteiger charge is -2.33. The maximum atomic E-state index is 12.6. The Kier molecular flexibility index (Phi) is 6.02. The van der Waals surface area contributed by atoms with Gasteiger partial charge in [0.15, 0.2) is 0 Å². The van der Waals surface area contributed by atoms with Gasteiger partial charge in [-0.05, 0) is 12.5 Å². The van der Waals surface area contributed by atoms with Crippen LogP contribution >= 0.6 is 12.4 Å². The van der Waals surface area contributed by atoms with E-state index in [0.717, 1.165) is 25.2 Å². The smallest absolute Gasteiger partial charge is 0.228 e. The second-order valence-electron chi connectivity index (χ2n) is 6.30. The van der Waals surface area contributed by atoms with E-state index in [2.05, 4.69) is 12.2 Å². The van der Waals surface area contributed by atoms with Gasteiger partial charge in [0, 0.05) is 45.2 Å². The second-order valence-corrected chi connectivity index (χ2v) is 6.30. The third-order valence-electron chi connectivity index (χ3n) is 4.46. The van der Waals surface area contributed by atoms with Crippen LogP contribution < -0.4 is 5.32 Å². The Morgan fingerprint density at radius 3 is 2.70 bits per heavy atom. The van der Waals surface area contributed by atoms with Gasteiger partial charge in [0.25, 0.3) is 0 Å². The number of amides is 2. The summed E-state index contributed by atoms with van der Waals surface area (Å²) in [5, 5.41) is 3.34. The first-order chi connectivity index (χ1) is 10.6. The summed E-state index contributed by atoms with van der Waals surface area (Å²) in [7, 11) is 0. The van der Waals surface area contributed by atoms with Gasteiger partial charge in [0.05, 0.1) is 5.92 Å². The van der Waals surface area contributed by atoms with E-state index in [0.29, 0.717) is 25.6 Å². The molecule has 2 heterocycles. The van der Waals surface area contributed by atoms with Crippen LogP contribution in [0.5, 0.6) is 0 Å². The van der Waals surface area contributed by atoms with Crippen LogP contribution in [-0.2, 0) is 16.1 Å². The molecule has 1 N–H and O–H groups in total. The average molecular weight is 338 g/mol. The highest BCUT2D eigenvalue weighted by Gasteiger charge is 2.37. The van der Waals surface area contributed by atoms with Gasteiger partial charge in [-0.1, -0.05) is 30.3 Å². The van der Waals surface area contributed by atoms with E-state index in [-0.39, 0.29) is 30.1 Å². The Labute approximate surface area is 143 Å². The third kappa shape index (κ3) is 4.24. The molecule has 0 aromatic heterocycles. The molecule has 2 saturated heterocycles. The number of likely N-dealkylation sites (tertiary alicyclic amines) is 1. The lowest BCUT2D eigenvalue weighted by molar-refractivity contribution is -0.136. The Balaban J connectivity index is 0.00000192. The van der Waals surface area contributed by atoms with Crippen LogP contribution in [0, 0.1) is 5.92 Å². The van der Waals surface area contributed by atoms with E-state index in [1.165, 1.54) is 0 Å². The zero-order chi connectivity index (χ0) is 15.5. The zero-order valence-corrected chi connectivity index (χ0v) is 14.2. The molecule has 126 valence electrons. The fourth-order valence-electron chi connectivity index (χ4n) is 3.28. The summed E-state index contributed by atoms with van der Waals surface area (Å²) in [5.41, 5.74) is 1.11. The van der Waals surface area contributed by atoms with Gasteiger partial charge in [-0.25, -0.2) is 0 Å². The van der Waals surface area contributed by atoms with Gasteiger partial charge in [-0.15, -0.1) is 12.4 Å². The second kappa shape index (κ2) is 7.79. The van der Waals surface area contributed by atoms with E-state index in [1.807, 2.05) is 40.1 Å². The summed E-state index contributed by atoms with van der Waals surface area (Å²) in [6.07, 6.45) is 0.351. The Morgan fingerprint density at radius 1 is 1.26 bits per heavy atom. The number of rotatable bonds is 3. The third-order valence-corrected chi connectivity index (χ3v) is 4.46. The molecule has 2 amide bonds. The van der Waals surface area contributed by atoms with Crippen LogP contribution in [0.1, 0.15) is 18.9 Å². The summed E-state index contributed by atoms with van der Waals surface area (Å²) in [6.45, 7) is 5.54. The van der Waals surface area contributed by atoms with Crippen molar-refractivity contribution in [3.05, 3.63) is 35.9 Å². The SMILES string of the molecule is CC1CN(C(=O)C2CC(=O)N(Cc3ccccc3)C2)CCN1.Cl. The summed E-state index contributed by atoms with van der Waals surface area (Å²) < 4.78 is 0. The number of hydrogen-bond donors (Lipinski definition) is 1. The van der Waals surface area contributed by atoms with Gasteiger partial charge in [-0.3, -0.25) is 9.59 Å². The fourth-order valence-corrected chi connectivity index (χ4v) is 3.28. The van der Waals surface area contributed by atoms with E-state index in [9.17, 15) is 9.59 Å². The molecule has 1 aromatic rings. The van der Waals surface area contributed by atoms with E-state index in [1.54, 1.807) is 0 Å². The van der Waals surface area contributed by atoms with Crippen LogP contribution in [0.3, 0.4) is 0 Å². The standard InChI is InChI=1S/C17H23N3O2.ClH/c1-13-10-19(8-7-18-13)17(22)15-9-16(21)20(12-15)11-14-5-3-2-4-6-14;/h2-6,13,15,18H,7-12H2,1H3;1H. The largest absolute Gasteiger partial charge is 0.340 e. The number of piperazine rings is 1. The molecule has 2 atom stereocenters. The first-order valence-electron chi connectivity index (χ1n) is 7.97.